The zero-order chi connectivity index (χ0) is 31.2. The molecule has 0 aliphatic carbocycles. The normalized spacial score (nSPS) is 11.5. The number of nitrogens with one attached hydrogen (secondary N) is 1. The SMILES string of the molecule is COc1ccccc1Oc1c(NS(=O)(=O)c2ccc(C(C)(C)C)cc2)ncnc1OCCOc1ncc(-c2cccs2)cn1. The topological polar surface area (TPSA) is 135 Å². The summed E-state index contributed by atoms with van der Waals surface area (Å²) in [5.74, 6) is 0.544. The summed E-state index contributed by atoms with van der Waals surface area (Å²) < 4.78 is 52.3. The Hall–Kier alpha value is -4.75. The Bertz CT molecular complexity index is 1790. The quantitative estimate of drug-likeness (QED) is 0.155. The van der Waals surface area contributed by atoms with Crippen LogP contribution < -0.4 is 23.7 Å². The molecule has 0 atom stereocenters. The molecule has 0 aliphatic heterocycles. The molecule has 0 fully saturated rings. The van der Waals surface area contributed by atoms with Crippen molar-refractivity contribution in [3.63, 3.8) is 0 Å². The Morgan fingerprint density at radius 1 is 0.841 bits per heavy atom. The fourth-order valence-electron chi connectivity index (χ4n) is 3.99. The number of anilines is 1. The zero-order valence-corrected chi connectivity index (χ0v) is 26.2. The summed E-state index contributed by atoms with van der Waals surface area (Å²) >= 11 is 1.59. The van der Waals surface area contributed by atoms with E-state index in [1.165, 1.54) is 13.4 Å². The van der Waals surface area contributed by atoms with Gasteiger partial charge >= 0.3 is 6.01 Å². The Labute approximate surface area is 259 Å². The lowest BCUT2D eigenvalue weighted by molar-refractivity contribution is 0.197. The standard InChI is InChI=1S/C31H31N5O6S2/c1-31(2,3)22-11-13-23(14-12-22)44(37,38)36-28-27(42-25-9-6-5-8-24(25)39-4)29(35-20-34-28)40-15-16-41-30-32-18-21(19-33-30)26-10-7-17-43-26/h5-14,17-20H,15-16H2,1-4H3,(H,34,35,36). The Morgan fingerprint density at radius 3 is 2.20 bits per heavy atom. The third-order valence-electron chi connectivity index (χ3n) is 6.30. The Kier molecular flexibility index (Phi) is 9.26. The second-order valence-corrected chi connectivity index (χ2v) is 13.0. The highest BCUT2D eigenvalue weighted by Gasteiger charge is 2.24. The largest absolute Gasteiger partial charge is 0.493 e. The number of rotatable bonds is 12. The molecule has 0 unspecified atom stereocenters. The van der Waals surface area contributed by atoms with Gasteiger partial charge < -0.3 is 18.9 Å². The minimum absolute atomic E-state index is 0.00996. The van der Waals surface area contributed by atoms with E-state index < -0.39 is 10.0 Å². The van der Waals surface area contributed by atoms with Crippen LogP contribution in [-0.4, -0.2) is 48.7 Å². The maximum Gasteiger partial charge on any atom is 0.316 e. The Morgan fingerprint density at radius 2 is 1.55 bits per heavy atom. The smallest absolute Gasteiger partial charge is 0.316 e. The van der Waals surface area contributed by atoms with Crippen molar-refractivity contribution in [1.29, 1.82) is 0 Å². The molecule has 0 amide bonds. The zero-order valence-electron chi connectivity index (χ0n) is 24.6. The maximum atomic E-state index is 13.4. The highest BCUT2D eigenvalue weighted by molar-refractivity contribution is 7.92. The van der Waals surface area contributed by atoms with Gasteiger partial charge in [0.25, 0.3) is 15.9 Å². The summed E-state index contributed by atoms with van der Waals surface area (Å²) in [5, 5.41) is 1.98. The average molecular weight is 634 g/mol. The molecule has 2 aromatic carbocycles. The van der Waals surface area contributed by atoms with Gasteiger partial charge in [0.05, 0.1) is 12.0 Å². The van der Waals surface area contributed by atoms with E-state index >= 15 is 0 Å². The van der Waals surface area contributed by atoms with Gasteiger partial charge in [0.2, 0.25) is 5.75 Å². The molecule has 0 saturated carbocycles. The molecule has 1 N–H and O–H groups in total. The molecule has 13 heteroatoms. The number of methoxy groups -OCH3 is 1. The van der Waals surface area contributed by atoms with Crippen LogP contribution in [0.5, 0.6) is 29.1 Å². The molecule has 3 aromatic heterocycles. The summed E-state index contributed by atoms with van der Waals surface area (Å²) in [6.07, 6.45) is 4.56. The second-order valence-electron chi connectivity index (χ2n) is 10.4. The number of hydrogen-bond donors (Lipinski definition) is 1. The van der Waals surface area contributed by atoms with Crippen LogP contribution in [0.25, 0.3) is 10.4 Å². The van der Waals surface area contributed by atoms with Crippen LogP contribution in [0, 0.1) is 0 Å². The van der Waals surface area contributed by atoms with E-state index in [4.69, 9.17) is 18.9 Å². The van der Waals surface area contributed by atoms with Crippen molar-refractivity contribution in [2.45, 2.75) is 31.1 Å². The highest BCUT2D eigenvalue weighted by Crippen LogP contribution is 2.40. The third kappa shape index (κ3) is 7.41. The lowest BCUT2D eigenvalue weighted by Gasteiger charge is -2.19. The summed E-state index contributed by atoms with van der Waals surface area (Å²) in [6.45, 7) is 6.27. The molecular weight excluding hydrogens is 603 g/mol. The van der Waals surface area contributed by atoms with Crippen LogP contribution in [0.15, 0.2) is 89.7 Å². The molecule has 44 heavy (non-hydrogen) atoms. The lowest BCUT2D eigenvalue weighted by atomic mass is 9.87. The number of benzene rings is 2. The minimum atomic E-state index is -4.05. The highest BCUT2D eigenvalue weighted by atomic mass is 32.2. The first-order valence-corrected chi connectivity index (χ1v) is 15.9. The van der Waals surface area contributed by atoms with Gasteiger partial charge in [0.15, 0.2) is 17.3 Å². The van der Waals surface area contributed by atoms with Crippen LogP contribution in [0.3, 0.4) is 0 Å². The fourth-order valence-corrected chi connectivity index (χ4v) is 5.71. The van der Waals surface area contributed by atoms with E-state index in [1.54, 1.807) is 72.3 Å². The summed E-state index contributed by atoms with van der Waals surface area (Å²) in [4.78, 5) is 18.0. The van der Waals surface area contributed by atoms with Gasteiger partial charge in [-0.15, -0.1) is 11.3 Å². The van der Waals surface area contributed by atoms with Gasteiger partial charge in [-0.25, -0.2) is 23.4 Å². The first-order chi connectivity index (χ1) is 21.1. The van der Waals surface area contributed by atoms with Crippen molar-refractivity contribution in [1.82, 2.24) is 19.9 Å². The minimum Gasteiger partial charge on any atom is -0.493 e. The average Bonchev–Trinajstić information content (AvgIpc) is 3.56. The molecule has 0 bridgehead atoms. The van der Waals surface area contributed by atoms with E-state index in [0.717, 1.165) is 16.0 Å². The van der Waals surface area contributed by atoms with Gasteiger partial charge in [-0.3, -0.25) is 4.72 Å². The molecule has 5 rings (SSSR count). The monoisotopic (exact) mass is 633 g/mol. The predicted molar refractivity (Wildman–Crippen MR) is 167 cm³/mol. The number of para-hydroxylation sites is 2. The molecule has 11 nitrogen and oxygen atoms in total. The molecule has 3 heterocycles. The maximum absolute atomic E-state index is 13.4. The molecular formula is C31H31N5O6S2. The molecule has 0 spiro atoms. The van der Waals surface area contributed by atoms with Crippen LogP contribution in [-0.2, 0) is 15.4 Å². The van der Waals surface area contributed by atoms with Crippen molar-refractivity contribution in [3.05, 3.63) is 90.3 Å². The van der Waals surface area contributed by atoms with Crippen molar-refractivity contribution in [2.75, 3.05) is 25.0 Å². The molecule has 5 aromatic rings. The van der Waals surface area contributed by atoms with E-state index in [-0.39, 0.29) is 47.0 Å². The van der Waals surface area contributed by atoms with Gasteiger partial charge in [-0.2, -0.15) is 4.98 Å². The van der Waals surface area contributed by atoms with Gasteiger partial charge in [0.1, 0.15) is 19.5 Å². The number of nitrogens with zero attached hydrogens (tertiary/aromatic N) is 4. The Balaban J connectivity index is 1.35. The number of hydrogen-bond acceptors (Lipinski definition) is 11. The summed E-state index contributed by atoms with van der Waals surface area (Å²) in [6, 6.07) is 17.7. The number of thiophene rings is 1. The molecule has 0 aliphatic rings. The van der Waals surface area contributed by atoms with Crippen LogP contribution in [0.4, 0.5) is 5.82 Å². The van der Waals surface area contributed by atoms with Gasteiger partial charge in [-0.05, 0) is 46.7 Å². The first kappa shape index (κ1) is 30.7. The third-order valence-corrected chi connectivity index (χ3v) is 8.57. The van der Waals surface area contributed by atoms with Crippen LogP contribution in [0.2, 0.25) is 0 Å². The first-order valence-electron chi connectivity index (χ1n) is 13.5. The van der Waals surface area contributed by atoms with E-state index in [1.807, 2.05) is 17.5 Å². The number of sulfonamides is 1. The van der Waals surface area contributed by atoms with Crippen molar-refractivity contribution < 1.29 is 27.4 Å². The summed E-state index contributed by atoms with van der Waals surface area (Å²) in [7, 11) is -2.55. The fraction of sp³-hybridized carbons (Fsp3) is 0.226. The van der Waals surface area contributed by atoms with Crippen molar-refractivity contribution >= 4 is 27.2 Å². The van der Waals surface area contributed by atoms with Crippen molar-refractivity contribution in [2.24, 2.45) is 0 Å². The van der Waals surface area contributed by atoms with Gasteiger partial charge in [-0.1, -0.05) is 51.1 Å². The van der Waals surface area contributed by atoms with E-state index in [2.05, 4.69) is 45.4 Å². The number of aromatic nitrogens is 4. The van der Waals surface area contributed by atoms with Crippen LogP contribution >= 0.6 is 11.3 Å². The predicted octanol–water partition coefficient (Wildman–Crippen LogP) is 6.35. The van der Waals surface area contributed by atoms with E-state index in [0.29, 0.717) is 11.5 Å². The molecule has 0 saturated heterocycles. The second kappa shape index (κ2) is 13.3. The lowest BCUT2D eigenvalue weighted by Crippen LogP contribution is -2.17. The van der Waals surface area contributed by atoms with E-state index in [9.17, 15) is 8.42 Å². The molecule has 228 valence electrons. The van der Waals surface area contributed by atoms with Gasteiger partial charge in [0, 0.05) is 22.8 Å². The van der Waals surface area contributed by atoms with Crippen LogP contribution in [0.1, 0.15) is 26.3 Å². The number of ether oxygens (including phenoxy) is 4. The molecule has 0 radical (unpaired) electrons. The van der Waals surface area contributed by atoms with Crippen molar-refractivity contribution in [3.8, 4) is 39.6 Å². The summed E-state index contributed by atoms with van der Waals surface area (Å²) in [5.41, 5.74) is 1.76.